The van der Waals surface area contributed by atoms with E-state index in [1.807, 2.05) is 84.9 Å². The molecule has 6 heteroatoms. The van der Waals surface area contributed by atoms with E-state index in [1.54, 1.807) is 4.90 Å². The lowest BCUT2D eigenvalue weighted by Gasteiger charge is -2.33. The monoisotopic (exact) mass is 548 g/mol. The third kappa shape index (κ3) is 7.69. The molecule has 1 atom stereocenters. The Morgan fingerprint density at radius 1 is 0.889 bits per heavy atom. The normalized spacial score (nSPS) is 14.6. The van der Waals surface area contributed by atoms with Crippen LogP contribution in [-0.2, 0) is 22.6 Å². The van der Waals surface area contributed by atoms with E-state index in [9.17, 15) is 9.59 Å². The molecule has 1 N–H and O–H groups in total. The maximum Gasteiger partial charge on any atom is 0.261 e. The summed E-state index contributed by atoms with van der Waals surface area (Å²) in [5, 5.41) is 3.26. The van der Waals surface area contributed by atoms with Gasteiger partial charge in [-0.1, -0.05) is 95.9 Å². The molecule has 3 aromatic carbocycles. The lowest BCUT2D eigenvalue weighted by molar-refractivity contribution is -0.143. The van der Waals surface area contributed by atoms with Crippen molar-refractivity contribution in [2.24, 2.45) is 0 Å². The molecule has 0 aliphatic heterocycles. The average molecular weight is 550 g/mol. The second-order valence-electron chi connectivity index (χ2n) is 9.30. The Labute approximate surface area is 222 Å². The third-order valence-corrected chi connectivity index (χ3v) is 7.06. The molecule has 1 aliphatic rings. The lowest BCUT2D eigenvalue weighted by atomic mass is 9.94. The van der Waals surface area contributed by atoms with Crippen LogP contribution in [0, 0.1) is 0 Å². The Bertz CT molecular complexity index is 1120. The van der Waals surface area contributed by atoms with Crippen LogP contribution in [0.3, 0.4) is 0 Å². The standard InChI is InChI=1S/C30H33BrN2O3/c31-25-14-10-13-24(19-25)21-33(29(34)22-36-27-17-8-3-9-18-27)28(20-23-11-4-1-5-12-23)30(35)32-26-15-6-2-7-16-26/h1,3-5,8-14,17-19,26,28H,2,6-7,15-16,20-22H2,(H,32,35). The topological polar surface area (TPSA) is 58.6 Å². The van der Waals surface area contributed by atoms with Crippen molar-refractivity contribution in [1.29, 1.82) is 0 Å². The first-order valence-electron chi connectivity index (χ1n) is 12.6. The number of nitrogens with one attached hydrogen (secondary N) is 1. The van der Waals surface area contributed by atoms with Crippen molar-refractivity contribution in [3.8, 4) is 5.75 Å². The van der Waals surface area contributed by atoms with Gasteiger partial charge in [0.25, 0.3) is 5.91 Å². The molecule has 2 amide bonds. The second-order valence-corrected chi connectivity index (χ2v) is 10.2. The van der Waals surface area contributed by atoms with Crippen molar-refractivity contribution in [2.45, 2.75) is 57.2 Å². The number of hydrogen-bond acceptors (Lipinski definition) is 3. The molecule has 0 spiro atoms. The minimum Gasteiger partial charge on any atom is -0.484 e. The second kappa shape index (κ2) is 13.3. The highest BCUT2D eigenvalue weighted by atomic mass is 79.9. The molecule has 1 saturated carbocycles. The average Bonchev–Trinajstić information content (AvgIpc) is 2.91. The molecular formula is C30H33BrN2O3. The van der Waals surface area contributed by atoms with Gasteiger partial charge < -0.3 is 15.0 Å². The van der Waals surface area contributed by atoms with Gasteiger partial charge in [-0.2, -0.15) is 0 Å². The predicted molar refractivity (Wildman–Crippen MR) is 146 cm³/mol. The fourth-order valence-electron chi connectivity index (χ4n) is 4.67. The molecule has 1 fully saturated rings. The van der Waals surface area contributed by atoms with Crippen molar-refractivity contribution in [3.63, 3.8) is 0 Å². The fourth-order valence-corrected chi connectivity index (χ4v) is 5.12. The van der Waals surface area contributed by atoms with E-state index in [4.69, 9.17) is 4.74 Å². The van der Waals surface area contributed by atoms with Crippen LogP contribution in [0.1, 0.15) is 43.2 Å². The molecule has 0 radical (unpaired) electrons. The number of rotatable bonds is 10. The van der Waals surface area contributed by atoms with Crippen LogP contribution in [-0.4, -0.2) is 35.4 Å². The van der Waals surface area contributed by atoms with E-state index < -0.39 is 6.04 Å². The summed E-state index contributed by atoms with van der Waals surface area (Å²) < 4.78 is 6.74. The molecule has 1 unspecified atom stereocenters. The molecule has 1 aliphatic carbocycles. The van der Waals surface area contributed by atoms with Crippen molar-refractivity contribution in [2.75, 3.05) is 6.61 Å². The smallest absolute Gasteiger partial charge is 0.261 e. The van der Waals surface area contributed by atoms with Gasteiger partial charge in [0.2, 0.25) is 5.91 Å². The van der Waals surface area contributed by atoms with E-state index in [-0.39, 0.29) is 24.5 Å². The molecule has 36 heavy (non-hydrogen) atoms. The SMILES string of the molecule is O=C(NC1CCCCC1)C(Cc1ccccc1)N(Cc1cccc(Br)c1)C(=O)COc1ccccc1. The van der Waals surface area contributed by atoms with Crippen LogP contribution in [0.25, 0.3) is 0 Å². The lowest BCUT2D eigenvalue weighted by Crippen LogP contribution is -2.53. The minimum atomic E-state index is -0.653. The summed E-state index contributed by atoms with van der Waals surface area (Å²) in [5.41, 5.74) is 1.96. The summed E-state index contributed by atoms with van der Waals surface area (Å²) in [6, 6.07) is 26.5. The van der Waals surface area contributed by atoms with Gasteiger partial charge in [0.15, 0.2) is 6.61 Å². The minimum absolute atomic E-state index is 0.103. The number of amides is 2. The molecule has 188 valence electrons. The Kier molecular flexibility index (Phi) is 9.56. The number of halogens is 1. The van der Waals surface area contributed by atoms with Gasteiger partial charge in [-0.3, -0.25) is 9.59 Å². The molecule has 5 nitrogen and oxygen atoms in total. The first kappa shape index (κ1) is 26.0. The van der Waals surface area contributed by atoms with Gasteiger partial charge in [0, 0.05) is 23.5 Å². The molecule has 0 bridgehead atoms. The molecule has 0 heterocycles. The van der Waals surface area contributed by atoms with Crippen molar-refractivity contribution < 1.29 is 14.3 Å². The summed E-state index contributed by atoms with van der Waals surface area (Å²) >= 11 is 3.53. The summed E-state index contributed by atoms with van der Waals surface area (Å²) in [7, 11) is 0. The van der Waals surface area contributed by atoms with E-state index in [0.717, 1.165) is 41.3 Å². The summed E-state index contributed by atoms with van der Waals surface area (Å²) in [5.74, 6) is 0.298. The maximum absolute atomic E-state index is 13.7. The first-order valence-corrected chi connectivity index (χ1v) is 13.4. The summed E-state index contributed by atoms with van der Waals surface area (Å²) in [6.45, 7) is 0.173. The van der Waals surface area contributed by atoms with Gasteiger partial charge in [-0.25, -0.2) is 0 Å². The van der Waals surface area contributed by atoms with Crippen molar-refractivity contribution in [1.82, 2.24) is 10.2 Å². The Hall–Kier alpha value is -3.12. The van der Waals surface area contributed by atoms with E-state index >= 15 is 0 Å². The highest BCUT2D eigenvalue weighted by Crippen LogP contribution is 2.21. The predicted octanol–water partition coefficient (Wildman–Crippen LogP) is 5.92. The zero-order valence-corrected chi connectivity index (χ0v) is 22.0. The summed E-state index contributed by atoms with van der Waals surface area (Å²) in [6.07, 6.45) is 5.87. The number of nitrogens with zero attached hydrogens (tertiary/aromatic N) is 1. The third-order valence-electron chi connectivity index (χ3n) is 6.57. The van der Waals surface area contributed by atoms with Gasteiger partial charge in [-0.15, -0.1) is 0 Å². The van der Waals surface area contributed by atoms with Crippen LogP contribution in [0.4, 0.5) is 0 Å². The molecule has 0 aromatic heterocycles. The van der Waals surface area contributed by atoms with Crippen molar-refractivity contribution >= 4 is 27.7 Å². The highest BCUT2D eigenvalue weighted by Gasteiger charge is 2.32. The number of ether oxygens (including phenoxy) is 1. The number of para-hydroxylation sites is 1. The number of carbonyl (C=O) groups excluding carboxylic acids is 2. The summed E-state index contributed by atoms with van der Waals surface area (Å²) in [4.78, 5) is 29.1. The van der Waals surface area contributed by atoms with Crippen LogP contribution >= 0.6 is 15.9 Å². The van der Waals surface area contributed by atoms with E-state index in [2.05, 4.69) is 21.2 Å². The first-order chi connectivity index (χ1) is 17.6. The zero-order chi connectivity index (χ0) is 25.2. The van der Waals surface area contributed by atoms with E-state index in [0.29, 0.717) is 18.7 Å². The quantitative estimate of drug-likeness (QED) is 0.342. The Morgan fingerprint density at radius 2 is 1.56 bits per heavy atom. The van der Waals surface area contributed by atoms with Gasteiger partial charge in [-0.05, 0) is 48.2 Å². The van der Waals surface area contributed by atoms with Crippen molar-refractivity contribution in [3.05, 3.63) is 101 Å². The zero-order valence-electron chi connectivity index (χ0n) is 20.4. The van der Waals surface area contributed by atoms with Crippen LogP contribution in [0.5, 0.6) is 5.75 Å². The molecule has 4 rings (SSSR count). The van der Waals surface area contributed by atoms with Crippen LogP contribution < -0.4 is 10.1 Å². The molecule has 3 aromatic rings. The van der Waals surface area contributed by atoms with Gasteiger partial charge >= 0.3 is 0 Å². The number of benzene rings is 3. The van der Waals surface area contributed by atoms with Crippen LogP contribution in [0.15, 0.2) is 89.4 Å². The number of hydrogen-bond donors (Lipinski definition) is 1. The molecular weight excluding hydrogens is 516 g/mol. The fraction of sp³-hybridized carbons (Fsp3) is 0.333. The van der Waals surface area contributed by atoms with Gasteiger partial charge in [0.1, 0.15) is 11.8 Å². The Morgan fingerprint density at radius 3 is 2.25 bits per heavy atom. The molecule has 0 saturated heterocycles. The van der Waals surface area contributed by atoms with E-state index in [1.165, 1.54) is 6.42 Å². The highest BCUT2D eigenvalue weighted by molar-refractivity contribution is 9.10. The van der Waals surface area contributed by atoms with Crippen LogP contribution in [0.2, 0.25) is 0 Å². The number of carbonyl (C=O) groups is 2. The maximum atomic E-state index is 13.7. The Balaban J connectivity index is 1.60. The largest absolute Gasteiger partial charge is 0.484 e. The van der Waals surface area contributed by atoms with Gasteiger partial charge in [0.05, 0.1) is 0 Å².